The number of carbonyl (C=O) groups excluding carboxylic acids is 2. The summed E-state index contributed by atoms with van der Waals surface area (Å²) in [6.45, 7) is 0.374. The summed E-state index contributed by atoms with van der Waals surface area (Å²) in [7, 11) is 1.81. The highest BCUT2D eigenvalue weighted by Gasteiger charge is 2.29. The van der Waals surface area contributed by atoms with E-state index < -0.39 is 66.9 Å². The average Bonchev–Trinajstić information content (AvgIpc) is 2.93. The third-order valence-electron chi connectivity index (χ3n) is 6.19. The molecule has 0 saturated heterocycles. The van der Waals surface area contributed by atoms with Crippen LogP contribution in [0.4, 0.5) is 5.69 Å². The number of carboxylic acid groups (broad SMARTS) is 3. The Hall–Kier alpha value is -5.15. The zero-order valence-electron chi connectivity index (χ0n) is 22.0. The monoisotopic (exact) mass is 570 g/mol. The largest absolute Gasteiger partial charge is 0.481 e. The molecule has 16 nitrogen and oxygen atoms in total. The first kappa shape index (κ1) is 30.4. The number of aliphatic carboxylic acids is 3. The fraction of sp³-hybridized carbons (Fsp3) is 0.400. The van der Waals surface area contributed by atoms with Crippen molar-refractivity contribution in [3.05, 3.63) is 29.8 Å². The quantitative estimate of drug-likeness (QED) is 0.161. The van der Waals surface area contributed by atoms with Crippen molar-refractivity contribution in [2.45, 2.75) is 50.0 Å². The standard InChI is InChI=1S/C25H30N8O8/c1-33(11-14-10-27-22-20(30-14)21(26)28-12-29-22)15-4-2-13(3-5-15)23(38)31-16(6-8-18(34)35)24(39)32-17(25(40)41)7-9-19(36)37/h2-5,10,12,16-17,20,22H,6-9,11H2,1H3,(H,31,38)(H,32,39)(H,34,35)(H,36,37)(H,40,41)(H2,26,28,29)/t16?,17-,20?,22?/m0/s1. The van der Waals surface area contributed by atoms with Gasteiger partial charge in [0.25, 0.3) is 5.91 Å². The van der Waals surface area contributed by atoms with E-state index in [4.69, 9.17) is 15.9 Å². The molecular weight excluding hydrogens is 540 g/mol. The summed E-state index contributed by atoms with van der Waals surface area (Å²) in [5.74, 6) is -5.24. The lowest BCUT2D eigenvalue weighted by Gasteiger charge is -2.26. The molecule has 2 aliphatic heterocycles. The van der Waals surface area contributed by atoms with Crippen molar-refractivity contribution < 1.29 is 39.3 Å². The lowest BCUT2D eigenvalue weighted by Crippen LogP contribution is -2.51. The Morgan fingerprint density at radius 1 is 0.951 bits per heavy atom. The molecule has 0 saturated carbocycles. The number of amides is 2. The number of hydrogen-bond donors (Lipinski definition) is 6. The van der Waals surface area contributed by atoms with Crippen molar-refractivity contribution in [3.8, 4) is 0 Å². The van der Waals surface area contributed by atoms with Gasteiger partial charge in [-0.1, -0.05) is 0 Å². The van der Waals surface area contributed by atoms with Crippen LogP contribution in [0.5, 0.6) is 0 Å². The molecule has 3 unspecified atom stereocenters. The Bertz CT molecular complexity index is 1310. The van der Waals surface area contributed by atoms with Crippen LogP contribution < -0.4 is 21.3 Å². The molecule has 3 rings (SSSR count). The lowest BCUT2D eigenvalue weighted by molar-refractivity contribution is -0.143. The van der Waals surface area contributed by atoms with Crippen LogP contribution in [0.2, 0.25) is 0 Å². The first-order chi connectivity index (χ1) is 19.4. The van der Waals surface area contributed by atoms with Gasteiger partial charge in [-0.25, -0.2) is 14.8 Å². The van der Waals surface area contributed by atoms with E-state index in [1.807, 2.05) is 11.9 Å². The predicted octanol–water partition coefficient (Wildman–Crippen LogP) is -0.861. The van der Waals surface area contributed by atoms with Crippen LogP contribution in [0.1, 0.15) is 36.0 Å². The van der Waals surface area contributed by atoms with E-state index in [2.05, 4.69) is 30.6 Å². The first-order valence-electron chi connectivity index (χ1n) is 12.5. The molecule has 0 radical (unpaired) electrons. The summed E-state index contributed by atoms with van der Waals surface area (Å²) in [5, 5.41) is 31.8. The number of fused-ring (bicyclic) bond motifs is 1. The Morgan fingerprint density at radius 3 is 2.20 bits per heavy atom. The molecule has 4 atom stereocenters. The second-order valence-electron chi connectivity index (χ2n) is 9.27. The predicted molar refractivity (Wildman–Crippen MR) is 148 cm³/mol. The van der Waals surface area contributed by atoms with E-state index in [1.54, 1.807) is 18.3 Å². The fourth-order valence-corrected chi connectivity index (χ4v) is 3.97. The normalized spacial score (nSPS) is 18.7. The highest BCUT2D eigenvalue weighted by atomic mass is 16.4. The van der Waals surface area contributed by atoms with E-state index >= 15 is 0 Å². The maximum Gasteiger partial charge on any atom is 0.326 e. The molecule has 0 fully saturated rings. The van der Waals surface area contributed by atoms with Gasteiger partial charge in [0.05, 0.1) is 12.3 Å². The second-order valence-corrected chi connectivity index (χ2v) is 9.27. The van der Waals surface area contributed by atoms with Crippen molar-refractivity contribution in [2.75, 3.05) is 18.5 Å². The minimum Gasteiger partial charge on any atom is -0.481 e. The Balaban J connectivity index is 1.64. The molecule has 1 aromatic carbocycles. The van der Waals surface area contributed by atoms with Gasteiger partial charge >= 0.3 is 17.9 Å². The molecule has 0 spiro atoms. The molecule has 41 heavy (non-hydrogen) atoms. The van der Waals surface area contributed by atoms with Crippen LogP contribution in [0.15, 0.2) is 44.2 Å². The SMILES string of the molecule is CN(CC1=NC2C(N)=NC=NC2N=C1)c1ccc(C(=O)NC(CCC(=O)O)C(=O)N[C@@H](CCC(=O)O)C(=O)O)cc1. The molecule has 218 valence electrons. The maximum atomic E-state index is 12.9. The van der Waals surface area contributed by atoms with Crippen LogP contribution in [0, 0.1) is 0 Å². The smallest absolute Gasteiger partial charge is 0.326 e. The van der Waals surface area contributed by atoms with Gasteiger partial charge in [0.2, 0.25) is 5.91 Å². The molecule has 0 aliphatic carbocycles. The number of aliphatic imine (C=N–C) groups is 4. The maximum absolute atomic E-state index is 12.9. The van der Waals surface area contributed by atoms with E-state index in [9.17, 15) is 29.1 Å². The number of carbonyl (C=O) groups is 5. The molecule has 1 aromatic rings. The fourth-order valence-electron chi connectivity index (χ4n) is 3.97. The first-order valence-corrected chi connectivity index (χ1v) is 12.5. The summed E-state index contributed by atoms with van der Waals surface area (Å²) in [6, 6.07) is 2.97. The number of benzene rings is 1. The van der Waals surface area contributed by atoms with Crippen LogP contribution in [-0.2, 0) is 19.2 Å². The van der Waals surface area contributed by atoms with Gasteiger partial charge in [0.15, 0.2) is 6.17 Å². The number of nitrogens with two attached hydrogens (primary N) is 1. The van der Waals surface area contributed by atoms with Gasteiger partial charge in [-0.2, -0.15) is 0 Å². The number of hydrogen-bond acceptors (Lipinski definition) is 11. The van der Waals surface area contributed by atoms with Crippen molar-refractivity contribution in [1.82, 2.24) is 10.6 Å². The average molecular weight is 571 g/mol. The molecular formula is C25H30N8O8. The summed E-state index contributed by atoms with van der Waals surface area (Å²) in [6.07, 6.45) is 0.851. The molecule has 7 N–H and O–H groups in total. The number of nitrogens with one attached hydrogen (secondary N) is 2. The van der Waals surface area contributed by atoms with Gasteiger partial charge in [0.1, 0.15) is 30.3 Å². The summed E-state index contributed by atoms with van der Waals surface area (Å²) >= 11 is 0. The van der Waals surface area contributed by atoms with Gasteiger partial charge < -0.3 is 36.6 Å². The van der Waals surface area contributed by atoms with E-state index in [-0.39, 0.29) is 18.4 Å². The third-order valence-corrected chi connectivity index (χ3v) is 6.19. The van der Waals surface area contributed by atoms with E-state index in [0.29, 0.717) is 18.1 Å². The zero-order chi connectivity index (χ0) is 30.1. The van der Waals surface area contributed by atoms with Crippen LogP contribution >= 0.6 is 0 Å². The minimum atomic E-state index is -1.53. The van der Waals surface area contributed by atoms with Gasteiger partial charge in [0, 0.05) is 37.4 Å². The number of carboxylic acids is 3. The highest BCUT2D eigenvalue weighted by Crippen LogP contribution is 2.17. The van der Waals surface area contributed by atoms with E-state index in [0.717, 1.165) is 5.69 Å². The zero-order valence-corrected chi connectivity index (χ0v) is 22.0. The lowest BCUT2D eigenvalue weighted by atomic mass is 10.1. The summed E-state index contributed by atoms with van der Waals surface area (Å²) < 4.78 is 0. The number of nitrogens with zero attached hydrogens (tertiary/aromatic N) is 5. The molecule has 2 aliphatic rings. The number of amidine groups is 1. The van der Waals surface area contributed by atoms with Gasteiger partial charge in [-0.05, 0) is 37.1 Å². The number of anilines is 1. The summed E-state index contributed by atoms with van der Waals surface area (Å²) in [4.78, 5) is 77.8. The van der Waals surface area contributed by atoms with Crippen LogP contribution in [0.3, 0.4) is 0 Å². The van der Waals surface area contributed by atoms with Crippen molar-refractivity contribution >= 4 is 59.5 Å². The Morgan fingerprint density at radius 2 is 1.59 bits per heavy atom. The molecule has 0 bridgehead atoms. The molecule has 2 heterocycles. The topological polar surface area (TPSA) is 249 Å². The Labute approximate surface area is 233 Å². The van der Waals surface area contributed by atoms with Gasteiger partial charge in [-0.3, -0.25) is 29.2 Å². The molecule has 2 amide bonds. The Kier molecular flexibility index (Phi) is 10.2. The van der Waals surface area contributed by atoms with Crippen molar-refractivity contribution in [3.63, 3.8) is 0 Å². The second kappa shape index (κ2) is 13.8. The molecule has 0 aromatic heterocycles. The van der Waals surface area contributed by atoms with Crippen molar-refractivity contribution in [1.29, 1.82) is 0 Å². The van der Waals surface area contributed by atoms with E-state index in [1.165, 1.54) is 18.5 Å². The highest BCUT2D eigenvalue weighted by molar-refractivity contribution is 6.33. The van der Waals surface area contributed by atoms with Crippen LogP contribution in [-0.4, -0.2) is 107 Å². The van der Waals surface area contributed by atoms with Gasteiger partial charge in [-0.15, -0.1) is 0 Å². The number of rotatable bonds is 14. The minimum absolute atomic E-state index is 0.166. The third kappa shape index (κ3) is 8.67. The summed E-state index contributed by atoms with van der Waals surface area (Å²) in [5.41, 5.74) is 7.46. The molecule has 16 heteroatoms. The van der Waals surface area contributed by atoms with Crippen molar-refractivity contribution in [2.24, 2.45) is 25.7 Å². The van der Waals surface area contributed by atoms with Crippen LogP contribution in [0.25, 0.3) is 0 Å².